The molecular weight excluding hydrogens is 262 g/mol. The van der Waals surface area contributed by atoms with E-state index in [0.29, 0.717) is 10.6 Å². The van der Waals surface area contributed by atoms with Gasteiger partial charge in [0.1, 0.15) is 0 Å². The fraction of sp³-hybridized carbons (Fsp3) is 0.0667. The summed E-state index contributed by atoms with van der Waals surface area (Å²) in [5, 5.41) is 0.682. The Morgan fingerprint density at radius 3 is 2.32 bits per heavy atom. The van der Waals surface area contributed by atoms with E-state index >= 15 is 0 Å². The highest BCUT2D eigenvalue weighted by molar-refractivity contribution is 6.30. The van der Waals surface area contributed by atoms with Gasteiger partial charge in [-0.3, -0.25) is 4.99 Å². The van der Waals surface area contributed by atoms with Gasteiger partial charge in [-0.2, -0.15) is 0 Å². The Morgan fingerprint density at radius 1 is 1.11 bits per heavy atom. The zero-order valence-electron chi connectivity index (χ0n) is 10.3. The lowest BCUT2D eigenvalue weighted by molar-refractivity contribution is 0.0601. The normalized spacial score (nSPS) is 10.6. The molecule has 0 saturated heterocycles. The maximum absolute atomic E-state index is 11.3. The highest BCUT2D eigenvalue weighted by atomic mass is 35.5. The molecule has 0 aliphatic carbocycles. The third-order valence-corrected chi connectivity index (χ3v) is 2.77. The Morgan fingerprint density at radius 2 is 1.74 bits per heavy atom. The van der Waals surface area contributed by atoms with Crippen molar-refractivity contribution < 1.29 is 9.53 Å². The molecule has 96 valence electrons. The van der Waals surface area contributed by atoms with Gasteiger partial charge in [0, 0.05) is 11.2 Å². The predicted octanol–water partition coefficient (Wildman–Crippen LogP) is 3.88. The van der Waals surface area contributed by atoms with Crippen LogP contribution in [0.15, 0.2) is 53.5 Å². The number of hydrogen-bond donors (Lipinski definition) is 0. The van der Waals surface area contributed by atoms with Crippen molar-refractivity contribution >= 4 is 29.5 Å². The molecular formula is C15H12ClNO2. The van der Waals surface area contributed by atoms with Crippen molar-refractivity contribution in [2.24, 2.45) is 4.99 Å². The van der Waals surface area contributed by atoms with Crippen LogP contribution in [-0.2, 0) is 4.74 Å². The predicted molar refractivity (Wildman–Crippen MR) is 76.5 cm³/mol. The van der Waals surface area contributed by atoms with Crippen LogP contribution >= 0.6 is 11.6 Å². The van der Waals surface area contributed by atoms with Gasteiger partial charge in [-0.15, -0.1) is 0 Å². The van der Waals surface area contributed by atoms with Gasteiger partial charge in [0.05, 0.1) is 18.4 Å². The highest BCUT2D eigenvalue weighted by Crippen LogP contribution is 2.16. The van der Waals surface area contributed by atoms with Crippen LogP contribution in [0.1, 0.15) is 15.9 Å². The van der Waals surface area contributed by atoms with E-state index in [-0.39, 0.29) is 5.97 Å². The van der Waals surface area contributed by atoms with Crippen molar-refractivity contribution in [3.63, 3.8) is 0 Å². The summed E-state index contributed by atoms with van der Waals surface area (Å²) < 4.78 is 4.63. The third-order valence-electron chi connectivity index (χ3n) is 2.52. The van der Waals surface area contributed by atoms with Crippen LogP contribution in [0.25, 0.3) is 0 Å². The van der Waals surface area contributed by atoms with E-state index in [1.54, 1.807) is 30.5 Å². The Hall–Kier alpha value is -2.13. The molecule has 2 aromatic carbocycles. The molecule has 0 fully saturated rings. The largest absolute Gasteiger partial charge is 0.465 e. The summed E-state index contributed by atoms with van der Waals surface area (Å²) >= 11 is 5.79. The van der Waals surface area contributed by atoms with Gasteiger partial charge in [0.15, 0.2) is 0 Å². The van der Waals surface area contributed by atoms with E-state index in [1.807, 2.05) is 24.3 Å². The molecule has 2 aromatic rings. The number of ether oxygens (including phenoxy) is 1. The van der Waals surface area contributed by atoms with E-state index in [2.05, 4.69) is 9.73 Å². The van der Waals surface area contributed by atoms with Crippen LogP contribution in [0.2, 0.25) is 5.02 Å². The molecule has 3 nitrogen and oxygen atoms in total. The van der Waals surface area contributed by atoms with Crippen LogP contribution < -0.4 is 0 Å². The number of carbonyl (C=O) groups excluding carboxylic acids is 1. The number of hydrogen-bond acceptors (Lipinski definition) is 3. The lowest BCUT2D eigenvalue weighted by Crippen LogP contribution is -2.00. The minimum atomic E-state index is -0.346. The lowest BCUT2D eigenvalue weighted by Gasteiger charge is -1.99. The number of nitrogens with zero attached hydrogens (tertiary/aromatic N) is 1. The first-order valence-electron chi connectivity index (χ1n) is 5.67. The minimum Gasteiger partial charge on any atom is -0.465 e. The van der Waals surface area contributed by atoms with Crippen LogP contribution in [0.3, 0.4) is 0 Å². The van der Waals surface area contributed by atoms with Crippen molar-refractivity contribution in [2.75, 3.05) is 7.11 Å². The van der Waals surface area contributed by atoms with Crippen LogP contribution in [0.5, 0.6) is 0 Å². The summed E-state index contributed by atoms with van der Waals surface area (Å²) in [4.78, 5) is 15.6. The summed E-state index contributed by atoms with van der Waals surface area (Å²) in [6, 6.07) is 14.3. The molecule has 0 radical (unpaired) electrons. The molecule has 0 aliphatic heterocycles. The van der Waals surface area contributed by atoms with Gasteiger partial charge in [0.25, 0.3) is 0 Å². The van der Waals surface area contributed by atoms with E-state index in [0.717, 1.165) is 11.3 Å². The fourth-order valence-corrected chi connectivity index (χ4v) is 1.63. The molecule has 0 heterocycles. The molecule has 0 saturated carbocycles. The average molecular weight is 274 g/mol. The molecule has 0 amide bonds. The molecule has 0 atom stereocenters. The van der Waals surface area contributed by atoms with Crippen LogP contribution in [0, 0.1) is 0 Å². The van der Waals surface area contributed by atoms with E-state index in [4.69, 9.17) is 11.6 Å². The van der Waals surface area contributed by atoms with Gasteiger partial charge in [-0.25, -0.2) is 4.79 Å². The number of halogens is 1. The number of aliphatic imine (C=N–C) groups is 1. The molecule has 0 bridgehead atoms. The summed E-state index contributed by atoms with van der Waals surface area (Å²) in [7, 11) is 1.36. The summed E-state index contributed by atoms with van der Waals surface area (Å²) in [6.45, 7) is 0. The van der Waals surface area contributed by atoms with Gasteiger partial charge < -0.3 is 4.74 Å². The van der Waals surface area contributed by atoms with E-state index < -0.39 is 0 Å². The first kappa shape index (κ1) is 13.3. The highest BCUT2D eigenvalue weighted by Gasteiger charge is 2.03. The maximum Gasteiger partial charge on any atom is 0.337 e. The second kappa shape index (κ2) is 6.16. The van der Waals surface area contributed by atoms with E-state index in [1.165, 1.54) is 7.11 Å². The maximum atomic E-state index is 11.3. The van der Waals surface area contributed by atoms with Crippen molar-refractivity contribution in [2.45, 2.75) is 0 Å². The quantitative estimate of drug-likeness (QED) is 0.629. The number of rotatable bonds is 3. The standard InChI is InChI=1S/C15H12ClNO2/c1-19-15(18)12-4-2-11(3-5-12)10-17-14-8-6-13(16)7-9-14/h2-10H,1H3. The third kappa shape index (κ3) is 3.66. The zero-order chi connectivity index (χ0) is 13.7. The monoisotopic (exact) mass is 273 g/mol. The SMILES string of the molecule is COC(=O)c1ccc(C=Nc2ccc(Cl)cc2)cc1. The van der Waals surface area contributed by atoms with Crippen molar-refractivity contribution in [3.8, 4) is 0 Å². The number of carbonyl (C=O) groups is 1. The van der Waals surface area contributed by atoms with Gasteiger partial charge in [-0.05, 0) is 42.0 Å². The molecule has 4 heteroatoms. The molecule has 0 unspecified atom stereocenters. The van der Waals surface area contributed by atoms with Gasteiger partial charge in [0.2, 0.25) is 0 Å². The Balaban J connectivity index is 2.11. The van der Waals surface area contributed by atoms with Crippen molar-refractivity contribution in [3.05, 3.63) is 64.7 Å². The summed E-state index contributed by atoms with van der Waals surface area (Å²) in [5.74, 6) is -0.346. The first-order chi connectivity index (χ1) is 9.19. The Labute approximate surface area is 116 Å². The first-order valence-corrected chi connectivity index (χ1v) is 6.05. The second-order valence-corrected chi connectivity index (χ2v) is 4.28. The van der Waals surface area contributed by atoms with Crippen molar-refractivity contribution in [1.29, 1.82) is 0 Å². The number of esters is 1. The molecule has 19 heavy (non-hydrogen) atoms. The minimum absolute atomic E-state index is 0.346. The lowest BCUT2D eigenvalue weighted by atomic mass is 10.1. The Bertz CT molecular complexity index is 589. The Kier molecular flexibility index (Phi) is 4.31. The van der Waals surface area contributed by atoms with E-state index in [9.17, 15) is 4.79 Å². The molecule has 0 aliphatic rings. The van der Waals surface area contributed by atoms with Gasteiger partial charge >= 0.3 is 5.97 Å². The number of benzene rings is 2. The molecule has 0 N–H and O–H groups in total. The second-order valence-electron chi connectivity index (χ2n) is 3.85. The topological polar surface area (TPSA) is 38.7 Å². The summed E-state index contributed by atoms with van der Waals surface area (Å²) in [6.07, 6.45) is 1.73. The van der Waals surface area contributed by atoms with Gasteiger partial charge in [-0.1, -0.05) is 23.7 Å². The smallest absolute Gasteiger partial charge is 0.337 e. The average Bonchev–Trinajstić information content (AvgIpc) is 2.46. The van der Waals surface area contributed by atoms with Crippen LogP contribution in [0.4, 0.5) is 5.69 Å². The summed E-state index contributed by atoms with van der Waals surface area (Å²) in [5.41, 5.74) is 2.25. The zero-order valence-corrected chi connectivity index (χ0v) is 11.1. The number of methoxy groups -OCH3 is 1. The fourth-order valence-electron chi connectivity index (χ4n) is 1.50. The molecule has 0 aromatic heterocycles. The van der Waals surface area contributed by atoms with Crippen molar-refractivity contribution in [1.82, 2.24) is 0 Å². The van der Waals surface area contributed by atoms with Crippen LogP contribution in [-0.4, -0.2) is 19.3 Å². The molecule has 2 rings (SSSR count). The molecule has 0 spiro atoms.